The molecule has 0 atom stereocenters. The van der Waals surface area contributed by atoms with Gasteiger partial charge in [-0.05, 0) is 37.1 Å². The Morgan fingerprint density at radius 3 is 2.54 bits per heavy atom. The molecule has 0 aliphatic heterocycles. The summed E-state index contributed by atoms with van der Waals surface area (Å²) >= 11 is 11.4. The lowest BCUT2D eigenvalue weighted by Gasteiger charge is -2.04. The average Bonchev–Trinajstić information content (AvgIpc) is 2.09. The molecule has 0 spiro atoms. The first-order chi connectivity index (χ1) is 6.15. The van der Waals surface area contributed by atoms with Gasteiger partial charge in [-0.3, -0.25) is 0 Å². The fraction of sp³-hybridized carbons (Fsp3) is 0.333. The van der Waals surface area contributed by atoms with Crippen LogP contribution >= 0.6 is 23.2 Å². The fourth-order valence-corrected chi connectivity index (χ4v) is 1.48. The van der Waals surface area contributed by atoms with E-state index in [4.69, 9.17) is 28.9 Å². The van der Waals surface area contributed by atoms with Crippen LogP contribution in [0.25, 0.3) is 0 Å². The molecular weight excluding hydrogens is 212 g/mol. The SMILES string of the molecule is NCCCc1cc(Cl)c(F)cc1Cl. The van der Waals surface area contributed by atoms with E-state index in [0.29, 0.717) is 11.6 Å². The number of nitrogens with two attached hydrogens (primary N) is 1. The lowest BCUT2D eigenvalue weighted by molar-refractivity contribution is 0.627. The molecule has 1 nitrogen and oxygen atoms in total. The van der Waals surface area contributed by atoms with Crippen LogP contribution in [0, 0.1) is 5.82 Å². The van der Waals surface area contributed by atoms with E-state index in [2.05, 4.69) is 0 Å². The maximum Gasteiger partial charge on any atom is 0.143 e. The number of hydrogen-bond acceptors (Lipinski definition) is 1. The van der Waals surface area contributed by atoms with Crippen LogP contribution in [-0.2, 0) is 6.42 Å². The first kappa shape index (κ1) is 10.8. The highest BCUT2D eigenvalue weighted by molar-refractivity contribution is 6.33. The van der Waals surface area contributed by atoms with Gasteiger partial charge in [-0.15, -0.1) is 0 Å². The van der Waals surface area contributed by atoms with E-state index in [1.807, 2.05) is 0 Å². The Bertz CT molecular complexity index is 302. The molecule has 0 unspecified atom stereocenters. The Kier molecular flexibility index (Phi) is 3.97. The molecule has 0 aliphatic rings. The largest absolute Gasteiger partial charge is 0.330 e. The molecule has 1 aromatic carbocycles. The zero-order valence-corrected chi connectivity index (χ0v) is 8.50. The normalized spacial score (nSPS) is 10.5. The van der Waals surface area contributed by atoms with Crippen LogP contribution in [0.3, 0.4) is 0 Å². The van der Waals surface area contributed by atoms with Crippen LogP contribution in [-0.4, -0.2) is 6.54 Å². The molecular formula is C9H10Cl2FN. The lowest BCUT2D eigenvalue weighted by Crippen LogP contribution is -2.00. The Morgan fingerprint density at radius 1 is 1.23 bits per heavy atom. The van der Waals surface area contributed by atoms with Crippen LogP contribution in [0.15, 0.2) is 12.1 Å². The minimum atomic E-state index is -0.483. The van der Waals surface area contributed by atoms with Gasteiger partial charge in [-0.25, -0.2) is 4.39 Å². The second-order valence-electron chi connectivity index (χ2n) is 2.75. The third kappa shape index (κ3) is 2.83. The second-order valence-corrected chi connectivity index (χ2v) is 3.56. The van der Waals surface area contributed by atoms with Crippen molar-refractivity contribution in [1.29, 1.82) is 0 Å². The summed E-state index contributed by atoms with van der Waals surface area (Å²) < 4.78 is 12.8. The van der Waals surface area contributed by atoms with Crippen molar-refractivity contribution in [2.75, 3.05) is 6.54 Å². The van der Waals surface area contributed by atoms with Gasteiger partial charge in [0, 0.05) is 5.02 Å². The van der Waals surface area contributed by atoms with Crippen LogP contribution in [0.2, 0.25) is 10.0 Å². The maximum absolute atomic E-state index is 12.8. The quantitative estimate of drug-likeness (QED) is 0.781. The van der Waals surface area contributed by atoms with Crippen molar-refractivity contribution < 1.29 is 4.39 Å². The minimum Gasteiger partial charge on any atom is -0.330 e. The minimum absolute atomic E-state index is 0.108. The molecule has 0 heterocycles. The lowest BCUT2D eigenvalue weighted by atomic mass is 10.1. The zero-order chi connectivity index (χ0) is 9.84. The van der Waals surface area contributed by atoms with Crippen LogP contribution < -0.4 is 5.73 Å². The van der Waals surface area contributed by atoms with Crippen LogP contribution in [0.1, 0.15) is 12.0 Å². The summed E-state index contributed by atoms with van der Waals surface area (Å²) in [6, 6.07) is 2.78. The van der Waals surface area contributed by atoms with Crippen LogP contribution in [0.5, 0.6) is 0 Å². The molecule has 0 bridgehead atoms. The van der Waals surface area contributed by atoms with E-state index >= 15 is 0 Å². The average molecular weight is 222 g/mol. The highest BCUT2D eigenvalue weighted by Gasteiger charge is 2.06. The van der Waals surface area contributed by atoms with Crippen molar-refractivity contribution in [2.24, 2.45) is 5.73 Å². The molecule has 2 N–H and O–H groups in total. The van der Waals surface area contributed by atoms with E-state index < -0.39 is 5.82 Å². The number of benzene rings is 1. The Labute approximate surface area is 86.6 Å². The Hall–Kier alpha value is -0.310. The van der Waals surface area contributed by atoms with Gasteiger partial charge in [-0.1, -0.05) is 23.2 Å². The first-order valence-corrected chi connectivity index (χ1v) is 4.74. The van der Waals surface area contributed by atoms with Gasteiger partial charge < -0.3 is 5.73 Å². The van der Waals surface area contributed by atoms with Gasteiger partial charge >= 0.3 is 0 Å². The molecule has 1 rings (SSSR count). The molecule has 0 aliphatic carbocycles. The van der Waals surface area contributed by atoms with E-state index in [9.17, 15) is 4.39 Å². The van der Waals surface area contributed by atoms with Crippen molar-refractivity contribution in [3.05, 3.63) is 33.6 Å². The highest BCUT2D eigenvalue weighted by Crippen LogP contribution is 2.24. The molecule has 13 heavy (non-hydrogen) atoms. The predicted molar refractivity (Wildman–Crippen MR) is 53.8 cm³/mol. The van der Waals surface area contributed by atoms with Gasteiger partial charge in [0.2, 0.25) is 0 Å². The molecule has 1 aromatic rings. The molecule has 0 fully saturated rings. The van der Waals surface area contributed by atoms with E-state index in [0.717, 1.165) is 18.4 Å². The summed E-state index contributed by atoms with van der Waals surface area (Å²) in [4.78, 5) is 0. The highest BCUT2D eigenvalue weighted by atomic mass is 35.5. The summed E-state index contributed by atoms with van der Waals surface area (Å²) in [7, 11) is 0. The zero-order valence-electron chi connectivity index (χ0n) is 6.99. The molecule has 0 saturated carbocycles. The molecule has 72 valence electrons. The Balaban J connectivity index is 2.88. The van der Waals surface area contributed by atoms with Gasteiger partial charge in [0.15, 0.2) is 0 Å². The monoisotopic (exact) mass is 221 g/mol. The smallest absolute Gasteiger partial charge is 0.143 e. The molecule has 0 saturated heterocycles. The maximum atomic E-state index is 12.8. The Morgan fingerprint density at radius 2 is 1.92 bits per heavy atom. The fourth-order valence-electron chi connectivity index (χ4n) is 1.05. The van der Waals surface area contributed by atoms with Crippen molar-refractivity contribution in [1.82, 2.24) is 0 Å². The van der Waals surface area contributed by atoms with E-state index in [1.165, 1.54) is 6.07 Å². The summed E-state index contributed by atoms with van der Waals surface area (Å²) in [5.74, 6) is -0.483. The van der Waals surface area contributed by atoms with Crippen LogP contribution in [0.4, 0.5) is 4.39 Å². The molecule has 0 radical (unpaired) electrons. The van der Waals surface area contributed by atoms with Crippen molar-refractivity contribution in [3.8, 4) is 0 Å². The summed E-state index contributed by atoms with van der Waals surface area (Å²) in [5, 5.41) is 0.520. The van der Waals surface area contributed by atoms with Gasteiger partial charge in [0.05, 0.1) is 5.02 Å². The summed E-state index contributed by atoms with van der Waals surface area (Å²) in [6.07, 6.45) is 1.55. The predicted octanol–water partition coefficient (Wildman–Crippen LogP) is 3.02. The standard InChI is InChI=1S/C9H10Cl2FN/c10-7-5-9(12)8(11)4-6(7)2-1-3-13/h4-5H,1-3,13H2. The van der Waals surface area contributed by atoms with Crippen molar-refractivity contribution in [2.45, 2.75) is 12.8 Å². The number of rotatable bonds is 3. The number of hydrogen-bond donors (Lipinski definition) is 1. The number of aryl methyl sites for hydroxylation is 1. The molecule has 4 heteroatoms. The number of halogens is 3. The topological polar surface area (TPSA) is 26.0 Å². The van der Waals surface area contributed by atoms with Gasteiger partial charge in [0.1, 0.15) is 5.82 Å². The summed E-state index contributed by atoms with van der Waals surface area (Å²) in [5.41, 5.74) is 6.19. The summed E-state index contributed by atoms with van der Waals surface area (Å²) in [6.45, 7) is 0.589. The molecule has 0 amide bonds. The third-order valence-electron chi connectivity index (χ3n) is 1.74. The van der Waals surface area contributed by atoms with E-state index in [1.54, 1.807) is 6.07 Å². The van der Waals surface area contributed by atoms with Gasteiger partial charge in [-0.2, -0.15) is 0 Å². The van der Waals surface area contributed by atoms with E-state index in [-0.39, 0.29) is 5.02 Å². The second kappa shape index (κ2) is 4.80. The third-order valence-corrected chi connectivity index (χ3v) is 2.38. The molecule has 0 aromatic heterocycles. The van der Waals surface area contributed by atoms with Crippen molar-refractivity contribution >= 4 is 23.2 Å². The first-order valence-electron chi connectivity index (χ1n) is 3.98. The van der Waals surface area contributed by atoms with Crippen molar-refractivity contribution in [3.63, 3.8) is 0 Å². The van der Waals surface area contributed by atoms with Gasteiger partial charge in [0.25, 0.3) is 0 Å².